The maximum atomic E-state index is 12.9. The van der Waals surface area contributed by atoms with E-state index in [4.69, 9.17) is 9.47 Å². The quantitative estimate of drug-likeness (QED) is 0.774. The van der Waals surface area contributed by atoms with Gasteiger partial charge in [-0.3, -0.25) is 9.59 Å². The van der Waals surface area contributed by atoms with Crippen LogP contribution in [0.25, 0.3) is 0 Å². The minimum absolute atomic E-state index is 0.0714. The van der Waals surface area contributed by atoms with Gasteiger partial charge in [-0.05, 0) is 19.6 Å². The van der Waals surface area contributed by atoms with Crippen LogP contribution < -0.4 is 0 Å². The molecule has 1 aliphatic carbocycles. The first-order valence-corrected chi connectivity index (χ1v) is 8.45. The molecule has 1 aliphatic heterocycles. The van der Waals surface area contributed by atoms with Gasteiger partial charge in [0.05, 0.1) is 14.2 Å². The maximum absolute atomic E-state index is 12.9. The van der Waals surface area contributed by atoms with Crippen LogP contribution >= 0.6 is 11.8 Å². The molecule has 0 aromatic heterocycles. The molecule has 1 saturated heterocycles. The van der Waals surface area contributed by atoms with Crippen molar-refractivity contribution in [2.75, 3.05) is 26.5 Å². The Balaban J connectivity index is 2.59. The molecule has 0 radical (unpaired) electrons. The summed E-state index contributed by atoms with van der Waals surface area (Å²) < 4.78 is 11.0. The van der Waals surface area contributed by atoms with Crippen molar-refractivity contribution >= 4 is 23.5 Å². The summed E-state index contributed by atoms with van der Waals surface area (Å²) in [7, 11) is 3.07. The Hall–Kier alpha value is -1.43. The van der Waals surface area contributed by atoms with Crippen molar-refractivity contribution < 1.29 is 19.1 Å². The molecule has 1 atom stereocenters. The Kier molecular flexibility index (Phi) is 4.90. The molecular formula is C16H23NO4S. The Morgan fingerprint density at radius 3 is 2.23 bits per heavy atom. The van der Waals surface area contributed by atoms with Gasteiger partial charge in [-0.25, -0.2) is 0 Å². The molecule has 22 heavy (non-hydrogen) atoms. The highest BCUT2D eigenvalue weighted by molar-refractivity contribution is 8.00. The van der Waals surface area contributed by atoms with Crippen molar-refractivity contribution in [1.29, 1.82) is 0 Å². The molecule has 1 amide bonds. The molecule has 2 aliphatic rings. The summed E-state index contributed by atoms with van der Waals surface area (Å²) in [5.41, 5.74) is -0.723. The van der Waals surface area contributed by atoms with Crippen LogP contribution in [-0.4, -0.2) is 54.4 Å². The van der Waals surface area contributed by atoms with E-state index >= 15 is 0 Å². The number of carbonyl (C=O) groups is 2. The Bertz CT molecular complexity index is 514. The van der Waals surface area contributed by atoms with Gasteiger partial charge in [-0.1, -0.05) is 6.92 Å². The number of ether oxygens (including phenoxy) is 2. The fourth-order valence-electron chi connectivity index (χ4n) is 3.18. The summed E-state index contributed by atoms with van der Waals surface area (Å²) in [5, 5.41) is -0.342. The molecule has 1 unspecified atom stereocenters. The number of methoxy groups -OCH3 is 2. The molecule has 5 nitrogen and oxygen atoms in total. The standard InChI is InChI=1S/C16H23NO4S/c1-6-22-14-15(19)17(10(2)3)9-16(14)12(20-4)7-11(18)8-13(16)21-5/h7-8,10,14H,6,9H2,1-5H3. The molecule has 2 rings (SSSR count). The Morgan fingerprint density at radius 2 is 1.82 bits per heavy atom. The molecule has 0 aromatic rings. The van der Waals surface area contributed by atoms with Crippen LogP contribution in [0.15, 0.2) is 23.7 Å². The fourth-order valence-corrected chi connectivity index (χ4v) is 4.39. The van der Waals surface area contributed by atoms with Crippen LogP contribution in [0, 0.1) is 5.41 Å². The number of rotatable bonds is 5. The van der Waals surface area contributed by atoms with E-state index in [0.717, 1.165) is 5.75 Å². The van der Waals surface area contributed by atoms with Crippen LogP contribution in [0.1, 0.15) is 20.8 Å². The molecule has 0 bridgehead atoms. The van der Waals surface area contributed by atoms with Gasteiger partial charge in [0.2, 0.25) is 5.91 Å². The first kappa shape index (κ1) is 16.9. The van der Waals surface area contributed by atoms with E-state index in [1.807, 2.05) is 25.7 Å². The van der Waals surface area contributed by atoms with Gasteiger partial charge in [0, 0.05) is 24.7 Å². The predicted molar refractivity (Wildman–Crippen MR) is 86.4 cm³/mol. The van der Waals surface area contributed by atoms with Crippen molar-refractivity contribution in [2.45, 2.75) is 32.1 Å². The van der Waals surface area contributed by atoms with E-state index in [0.29, 0.717) is 18.1 Å². The van der Waals surface area contributed by atoms with E-state index in [1.54, 1.807) is 11.8 Å². The zero-order valence-electron chi connectivity index (χ0n) is 13.7. The SMILES string of the molecule is CCSC1C(=O)N(C(C)C)CC12C(OC)=CC(=O)C=C2OC. The summed E-state index contributed by atoms with van der Waals surface area (Å²) in [5.74, 6) is 1.72. The summed E-state index contributed by atoms with van der Waals surface area (Å²) in [6.07, 6.45) is 2.95. The van der Waals surface area contributed by atoms with Gasteiger partial charge < -0.3 is 14.4 Å². The third kappa shape index (κ3) is 2.43. The second-order valence-electron chi connectivity index (χ2n) is 5.69. The lowest BCUT2D eigenvalue weighted by atomic mass is 9.78. The molecule has 0 N–H and O–H groups in total. The van der Waals surface area contributed by atoms with E-state index < -0.39 is 5.41 Å². The van der Waals surface area contributed by atoms with Gasteiger partial charge in [0.25, 0.3) is 0 Å². The van der Waals surface area contributed by atoms with Gasteiger partial charge in [0.1, 0.15) is 22.2 Å². The molecule has 6 heteroatoms. The molecule has 1 fully saturated rings. The smallest absolute Gasteiger partial charge is 0.237 e. The second kappa shape index (κ2) is 6.36. The molecule has 1 heterocycles. The number of hydrogen-bond donors (Lipinski definition) is 0. The summed E-state index contributed by atoms with van der Waals surface area (Å²) in [6, 6.07) is 0.0840. The molecule has 0 saturated carbocycles. The van der Waals surface area contributed by atoms with Gasteiger partial charge >= 0.3 is 0 Å². The topological polar surface area (TPSA) is 55.8 Å². The summed E-state index contributed by atoms with van der Waals surface area (Å²) in [6.45, 7) is 6.47. The number of allylic oxidation sites excluding steroid dienone is 2. The first-order chi connectivity index (χ1) is 10.4. The number of nitrogens with zero attached hydrogens (tertiary/aromatic N) is 1. The highest BCUT2D eigenvalue weighted by Gasteiger charge is 2.60. The average Bonchev–Trinajstić information content (AvgIpc) is 2.77. The van der Waals surface area contributed by atoms with Crippen molar-refractivity contribution in [2.24, 2.45) is 5.41 Å². The minimum atomic E-state index is -0.723. The predicted octanol–water partition coefficient (Wildman–Crippen LogP) is 1.99. The van der Waals surface area contributed by atoms with Crippen LogP contribution in [0.4, 0.5) is 0 Å². The van der Waals surface area contributed by atoms with E-state index in [2.05, 4.69) is 0 Å². The van der Waals surface area contributed by atoms with Crippen molar-refractivity contribution in [3.8, 4) is 0 Å². The van der Waals surface area contributed by atoms with Crippen molar-refractivity contribution in [3.63, 3.8) is 0 Å². The first-order valence-electron chi connectivity index (χ1n) is 7.40. The third-order valence-corrected chi connectivity index (χ3v) is 5.47. The highest BCUT2D eigenvalue weighted by Crippen LogP contribution is 2.52. The van der Waals surface area contributed by atoms with E-state index in [-0.39, 0.29) is 23.0 Å². The Labute approximate surface area is 135 Å². The number of thioether (sulfide) groups is 1. The van der Waals surface area contributed by atoms with Crippen LogP contribution in [-0.2, 0) is 19.1 Å². The zero-order chi connectivity index (χ0) is 16.5. The largest absolute Gasteiger partial charge is 0.500 e. The van der Waals surface area contributed by atoms with Crippen LogP contribution in [0.2, 0.25) is 0 Å². The molecule has 0 aromatic carbocycles. The lowest BCUT2D eigenvalue weighted by molar-refractivity contribution is -0.128. The summed E-state index contributed by atoms with van der Waals surface area (Å²) in [4.78, 5) is 26.6. The van der Waals surface area contributed by atoms with E-state index in [9.17, 15) is 9.59 Å². The zero-order valence-corrected chi connectivity index (χ0v) is 14.5. The number of carbonyl (C=O) groups excluding carboxylic acids is 2. The number of ketones is 1. The lowest BCUT2D eigenvalue weighted by Crippen LogP contribution is -2.41. The number of likely N-dealkylation sites (tertiary alicyclic amines) is 1. The van der Waals surface area contributed by atoms with Gasteiger partial charge in [-0.15, -0.1) is 11.8 Å². The van der Waals surface area contributed by atoms with Crippen molar-refractivity contribution in [1.82, 2.24) is 4.90 Å². The molecule has 122 valence electrons. The van der Waals surface area contributed by atoms with Crippen LogP contribution in [0.5, 0.6) is 0 Å². The highest BCUT2D eigenvalue weighted by atomic mass is 32.2. The third-order valence-electron chi connectivity index (χ3n) is 4.20. The number of amides is 1. The van der Waals surface area contributed by atoms with E-state index in [1.165, 1.54) is 26.4 Å². The molecular weight excluding hydrogens is 302 g/mol. The van der Waals surface area contributed by atoms with Gasteiger partial charge in [0.15, 0.2) is 5.78 Å². The fraction of sp³-hybridized carbons (Fsp3) is 0.625. The van der Waals surface area contributed by atoms with Crippen molar-refractivity contribution in [3.05, 3.63) is 23.7 Å². The van der Waals surface area contributed by atoms with Crippen LogP contribution in [0.3, 0.4) is 0 Å². The normalized spacial score (nSPS) is 23.9. The number of hydrogen-bond acceptors (Lipinski definition) is 5. The Morgan fingerprint density at radius 1 is 1.27 bits per heavy atom. The van der Waals surface area contributed by atoms with Gasteiger partial charge in [-0.2, -0.15) is 0 Å². The minimum Gasteiger partial charge on any atom is -0.500 e. The second-order valence-corrected chi connectivity index (χ2v) is 7.08. The maximum Gasteiger partial charge on any atom is 0.237 e. The average molecular weight is 325 g/mol. The monoisotopic (exact) mass is 325 g/mol. The lowest BCUT2D eigenvalue weighted by Gasteiger charge is -2.37. The molecule has 1 spiro atoms. The summed E-state index contributed by atoms with van der Waals surface area (Å²) >= 11 is 1.57.